The van der Waals surface area contributed by atoms with Crippen LogP contribution in [0.3, 0.4) is 0 Å². The number of hydrogen-bond donors (Lipinski definition) is 4. The van der Waals surface area contributed by atoms with Crippen LogP contribution in [0, 0.1) is 5.41 Å². The van der Waals surface area contributed by atoms with Crippen molar-refractivity contribution in [3.8, 4) is 0 Å². The molecular formula is C14H30N2O4S. The first-order valence-corrected chi connectivity index (χ1v) is 7.80. The molecule has 0 heterocycles. The predicted molar refractivity (Wildman–Crippen MR) is 87.5 cm³/mol. The van der Waals surface area contributed by atoms with Crippen molar-refractivity contribution in [3.05, 3.63) is 0 Å². The summed E-state index contributed by atoms with van der Waals surface area (Å²) in [4.78, 5) is 23.0. The smallest absolute Gasteiger partial charge is 0.249 e. The summed E-state index contributed by atoms with van der Waals surface area (Å²) in [6.07, 6.45) is -0.996. The van der Waals surface area contributed by atoms with E-state index in [2.05, 4.69) is 23.3 Å². The van der Waals surface area contributed by atoms with Crippen molar-refractivity contribution in [2.45, 2.75) is 40.2 Å². The molecule has 2 amide bonds. The van der Waals surface area contributed by atoms with Crippen molar-refractivity contribution in [1.82, 2.24) is 10.6 Å². The minimum absolute atomic E-state index is 0.153. The minimum Gasteiger partial charge on any atom is -0.384 e. The van der Waals surface area contributed by atoms with Crippen LogP contribution in [0.1, 0.15) is 34.1 Å². The molecule has 21 heavy (non-hydrogen) atoms. The summed E-state index contributed by atoms with van der Waals surface area (Å²) < 4.78 is 4.95. The molecule has 0 spiro atoms. The number of carbonyl (C=O) groups excluding carboxylic acids is 2. The Morgan fingerprint density at radius 1 is 1.24 bits per heavy atom. The van der Waals surface area contributed by atoms with Crippen molar-refractivity contribution >= 4 is 24.4 Å². The van der Waals surface area contributed by atoms with Crippen LogP contribution in [-0.2, 0) is 14.3 Å². The molecule has 0 saturated carbocycles. The van der Waals surface area contributed by atoms with Crippen LogP contribution in [0.15, 0.2) is 0 Å². The average Bonchev–Trinajstić information content (AvgIpc) is 2.46. The second kappa shape index (κ2) is 12.9. The van der Waals surface area contributed by atoms with Crippen LogP contribution in [0.2, 0.25) is 0 Å². The van der Waals surface area contributed by atoms with Crippen LogP contribution >= 0.6 is 12.6 Å². The van der Waals surface area contributed by atoms with Gasteiger partial charge in [-0.15, -0.1) is 0 Å². The standard InChI is InChI=1S/C12H24N2O4S.C2H6/c1-12(2,8-18-3)10(16)11(17)14-5-4-9(15)13-6-7-19;1-2/h10,16,19H,4-8H2,1-3H3,(H,13,15)(H,14,17);1-2H3/t10-;/m0./s1. The molecule has 0 fully saturated rings. The number of aliphatic hydroxyl groups is 1. The maximum Gasteiger partial charge on any atom is 0.249 e. The van der Waals surface area contributed by atoms with Gasteiger partial charge in [-0.05, 0) is 0 Å². The van der Waals surface area contributed by atoms with Gasteiger partial charge in [-0.2, -0.15) is 12.6 Å². The Morgan fingerprint density at radius 2 is 1.81 bits per heavy atom. The Labute approximate surface area is 133 Å². The van der Waals surface area contributed by atoms with Gasteiger partial charge in [-0.3, -0.25) is 9.59 Å². The van der Waals surface area contributed by atoms with E-state index in [-0.39, 0.29) is 25.5 Å². The van der Waals surface area contributed by atoms with Gasteiger partial charge in [-0.1, -0.05) is 27.7 Å². The molecule has 0 radical (unpaired) electrons. The Bertz CT molecular complexity index is 299. The highest BCUT2D eigenvalue weighted by Crippen LogP contribution is 2.20. The van der Waals surface area contributed by atoms with Gasteiger partial charge >= 0.3 is 0 Å². The topological polar surface area (TPSA) is 87.7 Å². The van der Waals surface area contributed by atoms with E-state index in [0.29, 0.717) is 12.3 Å². The summed E-state index contributed by atoms with van der Waals surface area (Å²) in [6.45, 7) is 8.43. The molecule has 0 bridgehead atoms. The Kier molecular flexibility index (Phi) is 13.8. The quantitative estimate of drug-likeness (QED) is 0.468. The third-order valence-corrected chi connectivity index (χ3v) is 2.81. The van der Waals surface area contributed by atoms with Crippen LogP contribution in [0.25, 0.3) is 0 Å². The van der Waals surface area contributed by atoms with Gasteiger partial charge in [0.05, 0.1) is 6.61 Å². The summed E-state index contributed by atoms with van der Waals surface area (Å²) in [6, 6.07) is 0. The summed E-state index contributed by atoms with van der Waals surface area (Å²) in [5.74, 6) is -0.0776. The first-order valence-electron chi connectivity index (χ1n) is 7.17. The van der Waals surface area contributed by atoms with Gasteiger partial charge in [0.1, 0.15) is 6.10 Å². The SMILES string of the molecule is CC.COCC(C)(C)[C@@H](O)C(=O)NCCC(=O)NCCS. The van der Waals surface area contributed by atoms with E-state index < -0.39 is 17.4 Å². The molecule has 0 unspecified atom stereocenters. The van der Waals surface area contributed by atoms with E-state index in [0.717, 1.165) is 0 Å². The van der Waals surface area contributed by atoms with E-state index in [4.69, 9.17) is 4.74 Å². The number of hydrogen-bond acceptors (Lipinski definition) is 5. The van der Waals surface area contributed by atoms with Gasteiger partial charge < -0.3 is 20.5 Å². The normalized spacial score (nSPS) is 12.0. The number of ether oxygens (including phenoxy) is 1. The summed E-state index contributed by atoms with van der Waals surface area (Å²) >= 11 is 3.97. The lowest BCUT2D eigenvalue weighted by atomic mass is 9.87. The fraction of sp³-hybridized carbons (Fsp3) is 0.857. The van der Waals surface area contributed by atoms with Crippen LogP contribution < -0.4 is 10.6 Å². The molecule has 7 heteroatoms. The fourth-order valence-corrected chi connectivity index (χ4v) is 1.60. The lowest BCUT2D eigenvalue weighted by Crippen LogP contribution is -2.46. The molecule has 0 aromatic rings. The number of methoxy groups -OCH3 is 1. The van der Waals surface area contributed by atoms with E-state index >= 15 is 0 Å². The summed E-state index contributed by atoms with van der Waals surface area (Å²) in [5.41, 5.74) is -0.673. The molecule has 0 aliphatic rings. The Hall–Kier alpha value is -0.790. The molecule has 0 aromatic heterocycles. The third-order valence-electron chi connectivity index (χ3n) is 2.59. The number of carbonyl (C=O) groups is 2. The monoisotopic (exact) mass is 322 g/mol. The zero-order valence-electron chi connectivity index (χ0n) is 13.7. The van der Waals surface area contributed by atoms with Crippen molar-refractivity contribution in [2.75, 3.05) is 32.6 Å². The highest BCUT2D eigenvalue weighted by molar-refractivity contribution is 7.80. The van der Waals surface area contributed by atoms with E-state index in [1.807, 2.05) is 13.8 Å². The third kappa shape index (κ3) is 10.6. The Balaban J connectivity index is 0. The van der Waals surface area contributed by atoms with Gasteiger partial charge in [0.25, 0.3) is 0 Å². The van der Waals surface area contributed by atoms with Gasteiger partial charge in [0.15, 0.2) is 0 Å². The highest BCUT2D eigenvalue weighted by Gasteiger charge is 2.33. The van der Waals surface area contributed by atoms with Gasteiger partial charge in [-0.25, -0.2) is 0 Å². The molecule has 0 aliphatic carbocycles. The second-order valence-corrected chi connectivity index (χ2v) is 5.39. The second-order valence-electron chi connectivity index (χ2n) is 4.94. The van der Waals surface area contributed by atoms with E-state index in [9.17, 15) is 14.7 Å². The number of thiol groups is 1. The molecule has 6 nitrogen and oxygen atoms in total. The molecule has 126 valence electrons. The number of nitrogens with one attached hydrogen (secondary N) is 2. The largest absolute Gasteiger partial charge is 0.384 e. The van der Waals surface area contributed by atoms with Gasteiger partial charge in [0, 0.05) is 37.8 Å². The molecule has 0 aromatic carbocycles. The van der Waals surface area contributed by atoms with Crippen LogP contribution in [0.5, 0.6) is 0 Å². The summed E-state index contributed by atoms with van der Waals surface area (Å²) in [7, 11) is 1.51. The van der Waals surface area contributed by atoms with Crippen LogP contribution in [-0.4, -0.2) is 55.6 Å². The minimum atomic E-state index is -1.17. The predicted octanol–water partition coefficient (Wildman–Crippen LogP) is 0.598. The van der Waals surface area contributed by atoms with Crippen molar-refractivity contribution in [3.63, 3.8) is 0 Å². The highest BCUT2D eigenvalue weighted by atomic mass is 32.1. The number of rotatable bonds is 9. The molecule has 0 aliphatic heterocycles. The van der Waals surface area contributed by atoms with Crippen LogP contribution in [0.4, 0.5) is 0 Å². The first-order chi connectivity index (χ1) is 9.85. The molecular weight excluding hydrogens is 292 g/mol. The van der Waals surface area contributed by atoms with Crippen molar-refractivity contribution in [1.29, 1.82) is 0 Å². The Morgan fingerprint density at radius 3 is 2.29 bits per heavy atom. The lowest BCUT2D eigenvalue weighted by Gasteiger charge is -2.28. The number of aliphatic hydroxyl groups excluding tert-OH is 1. The first kappa shape index (κ1) is 22.5. The van der Waals surface area contributed by atoms with E-state index in [1.165, 1.54) is 7.11 Å². The average molecular weight is 322 g/mol. The number of amides is 2. The summed E-state index contributed by atoms with van der Waals surface area (Å²) in [5, 5.41) is 15.0. The molecule has 0 saturated heterocycles. The zero-order chi connectivity index (χ0) is 16.9. The lowest BCUT2D eigenvalue weighted by molar-refractivity contribution is -0.137. The maximum atomic E-state index is 11.7. The maximum absolute atomic E-state index is 11.7. The van der Waals surface area contributed by atoms with E-state index in [1.54, 1.807) is 13.8 Å². The van der Waals surface area contributed by atoms with Crippen molar-refractivity contribution in [2.24, 2.45) is 5.41 Å². The fourth-order valence-electron chi connectivity index (χ4n) is 1.49. The molecule has 1 atom stereocenters. The molecule has 3 N–H and O–H groups in total. The zero-order valence-corrected chi connectivity index (χ0v) is 14.6. The molecule has 0 rings (SSSR count). The van der Waals surface area contributed by atoms with Crippen molar-refractivity contribution < 1.29 is 19.4 Å². The van der Waals surface area contributed by atoms with Gasteiger partial charge in [0.2, 0.25) is 11.8 Å².